The van der Waals surface area contributed by atoms with Gasteiger partial charge in [0.15, 0.2) is 0 Å². The van der Waals surface area contributed by atoms with Gasteiger partial charge in [0.25, 0.3) is 0 Å². The number of rotatable bonds is 4. The molecule has 0 spiro atoms. The molecule has 8 heteroatoms. The van der Waals surface area contributed by atoms with E-state index < -0.39 is 4.92 Å². The van der Waals surface area contributed by atoms with Crippen LogP contribution >= 0.6 is 0 Å². The van der Waals surface area contributed by atoms with Gasteiger partial charge in [0.2, 0.25) is 11.6 Å². The summed E-state index contributed by atoms with van der Waals surface area (Å²) in [5.41, 5.74) is 2.79. The first-order valence-electron chi connectivity index (χ1n) is 6.28. The Morgan fingerprint density at radius 2 is 2.00 bits per heavy atom. The van der Waals surface area contributed by atoms with Gasteiger partial charge in [-0.1, -0.05) is 0 Å². The van der Waals surface area contributed by atoms with Crippen LogP contribution in [0.4, 0.5) is 17.3 Å². The summed E-state index contributed by atoms with van der Waals surface area (Å²) >= 11 is 0. The van der Waals surface area contributed by atoms with Crippen molar-refractivity contribution in [3.05, 3.63) is 16.4 Å². The third kappa shape index (κ3) is 3.08. The van der Waals surface area contributed by atoms with Gasteiger partial charge < -0.3 is 4.90 Å². The molecule has 1 aromatic rings. The van der Waals surface area contributed by atoms with Crippen molar-refractivity contribution >= 4 is 17.3 Å². The molecule has 1 aliphatic heterocycles. The fourth-order valence-corrected chi connectivity index (χ4v) is 2.17. The number of hydrogen-bond donors (Lipinski definition) is 1. The van der Waals surface area contributed by atoms with E-state index >= 15 is 0 Å². The smallest absolute Gasteiger partial charge is 0.351 e. The fraction of sp³-hybridized carbons (Fsp3) is 0.636. The van der Waals surface area contributed by atoms with Crippen molar-refractivity contribution in [3.8, 4) is 0 Å². The first-order chi connectivity index (χ1) is 9.09. The van der Waals surface area contributed by atoms with Crippen molar-refractivity contribution in [3.63, 3.8) is 0 Å². The van der Waals surface area contributed by atoms with Crippen molar-refractivity contribution in [1.29, 1.82) is 0 Å². The topological polar surface area (TPSA) is 87.4 Å². The lowest BCUT2D eigenvalue weighted by Gasteiger charge is -2.27. The quantitative estimate of drug-likeness (QED) is 0.648. The average molecular weight is 266 g/mol. The summed E-state index contributed by atoms with van der Waals surface area (Å²) in [4.78, 5) is 20.9. The van der Waals surface area contributed by atoms with E-state index in [9.17, 15) is 10.1 Å². The Kier molecular flexibility index (Phi) is 4.10. The molecule has 0 atom stereocenters. The van der Waals surface area contributed by atoms with Crippen molar-refractivity contribution < 1.29 is 4.92 Å². The second-order valence-corrected chi connectivity index (χ2v) is 4.71. The van der Waals surface area contributed by atoms with E-state index in [2.05, 4.69) is 15.4 Å². The summed E-state index contributed by atoms with van der Waals surface area (Å²) in [5, 5.41) is 12.9. The molecule has 0 bridgehead atoms. The van der Waals surface area contributed by atoms with Crippen LogP contribution in [0.2, 0.25) is 0 Å². The van der Waals surface area contributed by atoms with Crippen LogP contribution in [0.5, 0.6) is 0 Å². The number of hydrogen-bond acceptors (Lipinski definition) is 7. The molecule has 1 N–H and O–H groups in total. The van der Waals surface area contributed by atoms with Crippen LogP contribution in [0.3, 0.4) is 0 Å². The zero-order valence-corrected chi connectivity index (χ0v) is 11.2. The molecule has 19 heavy (non-hydrogen) atoms. The Labute approximate surface area is 111 Å². The van der Waals surface area contributed by atoms with E-state index in [0.29, 0.717) is 5.82 Å². The van der Waals surface area contributed by atoms with Crippen LogP contribution < -0.4 is 10.3 Å². The summed E-state index contributed by atoms with van der Waals surface area (Å²) in [6.07, 6.45) is 4.61. The van der Waals surface area contributed by atoms with Gasteiger partial charge in [0.05, 0.1) is 4.92 Å². The number of anilines is 2. The molecule has 2 heterocycles. The Hall–Kier alpha value is -1.96. The minimum absolute atomic E-state index is 0.0573. The minimum atomic E-state index is -0.421. The Morgan fingerprint density at radius 1 is 1.32 bits per heavy atom. The van der Waals surface area contributed by atoms with Gasteiger partial charge in [0, 0.05) is 27.2 Å². The van der Waals surface area contributed by atoms with E-state index in [-0.39, 0.29) is 11.5 Å². The van der Waals surface area contributed by atoms with Crippen LogP contribution in [0.1, 0.15) is 19.3 Å². The molecule has 2 rings (SSSR count). The molecule has 0 amide bonds. The average Bonchev–Trinajstić information content (AvgIpc) is 2.38. The standard InChI is InChI=1S/C11H18N6O2/c1-15(2)14-10-9(17(18)19)11(13-8-12-10)16-6-4-3-5-7-16/h8H,3-7H2,1-2H3,(H,12,13,14). The SMILES string of the molecule is CN(C)Nc1ncnc(N2CCCCC2)c1[N+](=O)[O-]. The van der Waals surface area contributed by atoms with E-state index in [0.717, 1.165) is 32.4 Å². The van der Waals surface area contributed by atoms with Gasteiger partial charge in [0.1, 0.15) is 6.33 Å². The minimum Gasteiger partial charge on any atom is -0.351 e. The van der Waals surface area contributed by atoms with Gasteiger partial charge in [-0.3, -0.25) is 15.5 Å². The number of nitrogens with one attached hydrogen (secondary N) is 1. The molecule has 1 aromatic heterocycles. The zero-order valence-electron chi connectivity index (χ0n) is 11.2. The summed E-state index contributed by atoms with van der Waals surface area (Å²) in [6, 6.07) is 0. The molecule has 0 saturated carbocycles. The summed E-state index contributed by atoms with van der Waals surface area (Å²) < 4.78 is 0. The van der Waals surface area contributed by atoms with Gasteiger partial charge in [-0.2, -0.15) is 0 Å². The van der Waals surface area contributed by atoms with Gasteiger partial charge >= 0.3 is 5.69 Å². The van der Waals surface area contributed by atoms with Crippen molar-refractivity contribution in [2.24, 2.45) is 0 Å². The second kappa shape index (κ2) is 5.79. The third-order valence-corrected chi connectivity index (χ3v) is 2.97. The van der Waals surface area contributed by atoms with Gasteiger partial charge in [-0.15, -0.1) is 0 Å². The molecule has 1 fully saturated rings. The number of nitro groups is 1. The van der Waals surface area contributed by atoms with Crippen molar-refractivity contribution in [1.82, 2.24) is 15.0 Å². The zero-order chi connectivity index (χ0) is 13.8. The van der Waals surface area contributed by atoms with Crippen molar-refractivity contribution in [2.75, 3.05) is 37.5 Å². The predicted molar refractivity (Wildman–Crippen MR) is 72.1 cm³/mol. The monoisotopic (exact) mass is 266 g/mol. The maximum atomic E-state index is 11.3. The van der Waals surface area contributed by atoms with Crippen LogP contribution in [0, 0.1) is 10.1 Å². The molecule has 104 valence electrons. The first-order valence-corrected chi connectivity index (χ1v) is 6.28. The number of nitrogens with zero attached hydrogens (tertiary/aromatic N) is 5. The summed E-state index contributed by atoms with van der Waals surface area (Å²) in [5.74, 6) is 0.634. The van der Waals surface area contributed by atoms with Crippen LogP contribution in [-0.4, -0.2) is 47.1 Å². The Morgan fingerprint density at radius 3 is 2.58 bits per heavy atom. The summed E-state index contributed by atoms with van der Waals surface area (Å²) in [7, 11) is 3.51. The number of hydrazine groups is 1. The molecule has 0 aliphatic carbocycles. The molecule has 0 aromatic carbocycles. The molecular weight excluding hydrogens is 248 g/mol. The largest absolute Gasteiger partial charge is 0.354 e. The lowest BCUT2D eigenvalue weighted by atomic mass is 10.1. The fourth-order valence-electron chi connectivity index (χ4n) is 2.17. The maximum absolute atomic E-state index is 11.3. The maximum Gasteiger partial charge on any atom is 0.354 e. The lowest BCUT2D eigenvalue weighted by Crippen LogP contribution is -2.31. The molecule has 0 unspecified atom stereocenters. The highest BCUT2D eigenvalue weighted by atomic mass is 16.6. The third-order valence-electron chi connectivity index (χ3n) is 2.97. The highest BCUT2D eigenvalue weighted by molar-refractivity contribution is 5.70. The molecule has 0 radical (unpaired) electrons. The Balaban J connectivity index is 2.38. The van der Waals surface area contributed by atoms with Gasteiger partial charge in [-0.25, -0.2) is 15.0 Å². The molecule has 1 aliphatic rings. The highest BCUT2D eigenvalue weighted by Gasteiger charge is 2.27. The van der Waals surface area contributed by atoms with E-state index in [1.807, 2.05) is 4.90 Å². The molecule has 8 nitrogen and oxygen atoms in total. The van der Waals surface area contributed by atoms with E-state index in [1.54, 1.807) is 19.1 Å². The normalized spacial score (nSPS) is 15.6. The van der Waals surface area contributed by atoms with Crippen molar-refractivity contribution in [2.45, 2.75) is 19.3 Å². The number of aromatic nitrogens is 2. The summed E-state index contributed by atoms with van der Waals surface area (Å²) in [6.45, 7) is 1.61. The van der Waals surface area contributed by atoms with Crippen LogP contribution in [0.25, 0.3) is 0 Å². The van der Waals surface area contributed by atoms with E-state index in [1.165, 1.54) is 6.33 Å². The molecular formula is C11H18N6O2. The van der Waals surface area contributed by atoms with Crippen LogP contribution in [-0.2, 0) is 0 Å². The predicted octanol–water partition coefficient (Wildman–Crippen LogP) is 1.26. The second-order valence-electron chi connectivity index (χ2n) is 4.71. The Bertz CT molecular complexity index is 458. The lowest BCUT2D eigenvalue weighted by molar-refractivity contribution is -0.383. The first kappa shape index (κ1) is 13.5. The molecule has 1 saturated heterocycles. The van der Waals surface area contributed by atoms with Gasteiger partial charge in [-0.05, 0) is 19.3 Å². The van der Waals surface area contributed by atoms with Crippen LogP contribution in [0.15, 0.2) is 6.33 Å². The highest BCUT2D eigenvalue weighted by Crippen LogP contribution is 2.33. The number of piperidine rings is 1. The van der Waals surface area contributed by atoms with E-state index in [4.69, 9.17) is 0 Å².